The van der Waals surface area contributed by atoms with Crippen molar-refractivity contribution in [3.63, 3.8) is 0 Å². The molecule has 0 aliphatic heterocycles. The average molecular weight is 323 g/mol. The molecule has 1 heterocycles. The number of hydrogen-bond acceptors (Lipinski definition) is 3. The van der Waals surface area contributed by atoms with Gasteiger partial charge in [0, 0.05) is 22.9 Å². The Hall–Kier alpha value is -1.66. The number of nitrogens with zero attached hydrogens (tertiary/aromatic N) is 2. The molecule has 2 rings (SSSR count). The fourth-order valence-electron chi connectivity index (χ4n) is 1.70. The van der Waals surface area contributed by atoms with E-state index >= 15 is 0 Å². The Morgan fingerprint density at radius 3 is 3.05 bits per heavy atom. The summed E-state index contributed by atoms with van der Waals surface area (Å²) in [5, 5.41) is 5.85. The first-order chi connectivity index (χ1) is 9.17. The van der Waals surface area contributed by atoms with Crippen LogP contribution in [0, 0.1) is 0 Å². The number of carbonyl (C=O) groups excluding carboxylic acids is 1. The van der Waals surface area contributed by atoms with Crippen LogP contribution in [0.15, 0.2) is 41.3 Å². The molecule has 2 N–H and O–H groups in total. The van der Waals surface area contributed by atoms with Crippen molar-refractivity contribution in [2.75, 3.05) is 12.4 Å². The SMILES string of the molecule is CNCc1cn(CC(=O)Nc2cccc(Br)c2)cn1. The molecular weight excluding hydrogens is 308 g/mol. The number of aromatic nitrogens is 2. The van der Waals surface area contributed by atoms with Crippen LogP contribution >= 0.6 is 15.9 Å². The number of benzene rings is 1. The van der Waals surface area contributed by atoms with E-state index in [2.05, 4.69) is 31.5 Å². The fraction of sp³-hybridized carbons (Fsp3) is 0.231. The van der Waals surface area contributed by atoms with Crippen molar-refractivity contribution in [2.45, 2.75) is 13.1 Å². The third-order valence-electron chi connectivity index (χ3n) is 2.48. The molecule has 100 valence electrons. The van der Waals surface area contributed by atoms with E-state index in [1.807, 2.05) is 37.5 Å². The topological polar surface area (TPSA) is 59.0 Å². The van der Waals surface area contributed by atoms with E-state index in [1.165, 1.54) is 0 Å². The number of nitrogens with one attached hydrogen (secondary N) is 2. The summed E-state index contributed by atoms with van der Waals surface area (Å²) in [5.74, 6) is -0.0773. The standard InChI is InChI=1S/C13H15BrN4O/c1-15-6-12-7-18(9-16-12)8-13(19)17-11-4-2-3-10(14)5-11/h2-5,7,9,15H,6,8H2,1H3,(H,17,19). The lowest BCUT2D eigenvalue weighted by Gasteiger charge is -2.05. The first-order valence-electron chi connectivity index (χ1n) is 5.88. The van der Waals surface area contributed by atoms with Crippen molar-refractivity contribution in [3.05, 3.63) is 47.0 Å². The lowest BCUT2D eigenvalue weighted by atomic mass is 10.3. The number of rotatable bonds is 5. The van der Waals surface area contributed by atoms with E-state index < -0.39 is 0 Å². The van der Waals surface area contributed by atoms with Crippen LogP contribution in [0.2, 0.25) is 0 Å². The molecule has 0 bridgehead atoms. The molecule has 1 amide bonds. The molecule has 0 aliphatic rings. The molecule has 6 heteroatoms. The van der Waals surface area contributed by atoms with E-state index in [0.717, 1.165) is 15.9 Å². The lowest BCUT2D eigenvalue weighted by molar-refractivity contribution is -0.116. The molecule has 1 aromatic heterocycles. The Kier molecular flexibility index (Phi) is 4.70. The van der Waals surface area contributed by atoms with Crippen molar-refractivity contribution >= 4 is 27.5 Å². The van der Waals surface area contributed by atoms with E-state index in [-0.39, 0.29) is 12.5 Å². The molecule has 19 heavy (non-hydrogen) atoms. The highest BCUT2D eigenvalue weighted by atomic mass is 79.9. The van der Waals surface area contributed by atoms with Gasteiger partial charge in [-0.2, -0.15) is 0 Å². The zero-order valence-corrected chi connectivity index (χ0v) is 12.1. The average Bonchev–Trinajstić information content (AvgIpc) is 2.77. The second-order valence-corrected chi connectivity index (χ2v) is 5.04. The van der Waals surface area contributed by atoms with E-state index in [4.69, 9.17) is 0 Å². The molecule has 0 saturated carbocycles. The molecule has 5 nitrogen and oxygen atoms in total. The van der Waals surface area contributed by atoms with Gasteiger partial charge in [0.25, 0.3) is 0 Å². The summed E-state index contributed by atoms with van der Waals surface area (Å²) in [5.41, 5.74) is 1.69. The van der Waals surface area contributed by atoms with Crippen LogP contribution in [0.3, 0.4) is 0 Å². The number of imidazole rings is 1. The maximum absolute atomic E-state index is 11.9. The van der Waals surface area contributed by atoms with Crippen molar-refractivity contribution < 1.29 is 4.79 Å². The van der Waals surface area contributed by atoms with Gasteiger partial charge >= 0.3 is 0 Å². The summed E-state index contributed by atoms with van der Waals surface area (Å²) in [6.45, 7) is 0.948. The largest absolute Gasteiger partial charge is 0.328 e. The molecule has 1 aromatic carbocycles. The first kappa shape index (κ1) is 13.8. The molecule has 0 atom stereocenters. The minimum atomic E-state index is -0.0773. The van der Waals surface area contributed by atoms with Crippen molar-refractivity contribution in [2.24, 2.45) is 0 Å². The maximum atomic E-state index is 11.9. The highest BCUT2D eigenvalue weighted by Gasteiger charge is 2.05. The van der Waals surface area contributed by atoms with Gasteiger partial charge < -0.3 is 15.2 Å². The van der Waals surface area contributed by atoms with Gasteiger partial charge in [0.05, 0.1) is 12.0 Å². The van der Waals surface area contributed by atoms with Crippen LogP contribution in [0.25, 0.3) is 0 Å². The molecule has 0 spiro atoms. The van der Waals surface area contributed by atoms with Gasteiger partial charge in [-0.3, -0.25) is 4.79 Å². The number of hydrogen-bond donors (Lipinski definition) is 2. The van der Waals surface area contributed by atoms with Crippen molar-refractivity contribution in [3.8, 4) is 0 Å². The van der Waals surface area contributed by atoms with Crippen molar-refractivity contribution in [1.29, 1.82) is 0 Å². The summed E-state index contributed by atoms with van der Waals surface area (Å²) in [6, 6.07) is 7.50. The minimum Gasteiger partial charge on any atom is -0.328 e. The fourth-order valence-corrected chi connectivity index (χ4v) is 2.10. The second-order valence-electron chi connectivity index (χ2n) is 4.13. The molecular formula is C13H15BrN4O. The Bertz CT molecular complexity index is 567. The number of halogens is 1. The maximum Gasteiger partial charge on any atom is 0.244 e. The highest BCUT2D eigenvalue weighted by molar-refractivity contribution is 9.10. The molecule has 0 saturated heterocycles. The molecule has 0 unspecified atom stereocenters. The summed E-state index contributed by atoms with van der Waals surface area (Å²) in [7, 11) is 1.86. The normalized spacial score (nSPS) is 10.4. The van der Waals surface area contributed by atoms with Crippen LogP contribution in [0.5, 0.6) is 0 Å². The van der Waals surface area contributed by atoms with E-state index in [1.54, 1.807) is 10.9 Å². The molecule has 2 aromatic rings. The monoisotopic (exact) mass is 322 g/mol. The number of amides is 1. The van der Waals surface area contributed by atoms with Gasteiger partial charge in [-0.15, -0.1) is 0 Å². The van der Waals surface area contributed by atoms with Gasteiger partial charge in [0.15, 0.2) is 0 Å². The zero-order chi connectivity index (χ0) is 13.7. The van der Waals surface area contributed by atoms with Gasteiger partial charge in [0.1, 0.15) is 6.54 Å². The quantitative estimate of drug-likeness (QED) is 0.885. The Balaban J connectivity index is 1.93. The predicted octanol–water partition coefficient (Wildman–Crippen LogP) is 2.00. The molecule has 0 fully saturated rings. The third kappa shape index (κ3) is 4.18. The predicted molar refractivity (Wildman–Crippen MR) is 77.8 cm³/mol. The van der Waals surface area contributed by atoms with Crippen LogP contribution in [-0.2, 0) is 17.9 Å². The lowest BCUT2D eigenvalue weighted by Crippen LogP contribution is -2.17. The van der Waals surface area contributed by atoms with Crippen LogP contribution < -0.4 is 10.6 Å². The van der Waals surface area contributed by atoms with Gasteiger partial charge in [-0.1, -0.05) is 22.0 Å². The van der Waals surface area contributed by atoms with Crippen LogP contribution in [0.4, 0.5) is 5.69 Å². The Morgan fingerprint density at radius 1 is 1.47 bits per heavy atom. The smallest absolute Gasteiger partial charge is 0.244 e. The van der Waals surface area contributed by atoms with Crippen molar-refractivity contribution in [1.82, 2.24) is 14.9 Å². The Labute approximate surface area is 120 Å². The summed E-state index contributed by atoms with van der Waals surface area (Å²) < 4.78 is 2.70. The van der Waals surface area contributed by atoms with Gasteiger partial charge in [-0.25, -0.2) is 4.98 Å². The van der Waals surface area contributed by atoms with Gasteiger partial charge in [-0.05, 0) is 25.2 Å². The Morgan fingerprint density at radius 2 is 2.32 bits per heavy atom. The van der Waals surface area contributed by atoms with Crippen LogP contribution in [-0.4, -0.2) is 22.5 Å². The third-order valence-corrected chi connectivity index (χ3v) is 2.97. The zero-order valence-electron chi connectivity index (χ0n) is 10.6. The first-order valence-corrected chi connectivity index (χ1v) is 6.67. The van der Waals surface area contributed by atoms with E-state index in [9.17, 15) is 4.79 Å². The van der Waals surface area contributed by atoms with Crippen LogP contribution in [0.1, 0.15) is 5.69 Å². The highest BCUT2D eigenvalue weighted by Crippen LogP contribution is 2.15. The second kappa shape index (κ2) is 6.49. The summed E-state index contributed by atoms with van der Waals surface area (Å²) in [6.07, 6.45) is 3.52. The summed E-state index contributed by atoms with van der Waals surface area (Å²) in [4.78, 5) is 16.1. The molecule has 0 aliphatic carbocycles. The summed E-state index contributed by atoms with van der Waals surface area (Å²) >= 11 is 3.37. The van der Waals surface area contributed by atoms with E-state index in [0.29, 0.717) is 6.54 Å². The number of anilines is 1. The minimum absolute atomic E-state index is 0.0773. The van der Waals surface area contributed by atoms with Gasteiger partial charge in [0.2, 0.25) is 5.91 Å². The number of carbonyl (C=O) groups is 1. The molecule has 0 radical (unpaired) electrons.